The molecule has 0 amide bonds. The summed E-state index contributed by atoms with van der Waals surface area (Å²) in [6.07, 6.45) is 0. The lowest BCUT2D eigenvalue weighted by Crippen LogP contribution is -2.00. The van der Waals surface area contributed by atoms with Crippen LogP contribution in [0.15, 0.2) is 39.3 Å². The van der Waals surface area contributed by atoms with E-state index in [9.17, 15) is 0 Å². The molecule has 2 aromatic carbocycles. The smallest absolute Gasteiger partial charge is 0.124 e. The fourth-order valence-corrected chi connectivity index (χ4v) is 3.84. The van der Waals surface area contributed by atoms with E-state index >= 15 is 0 Å². The number of ether oxygens (including phenoxy) is 1. The number of methoxy groups -OCH3 is 1. The van der Waals surface area contributed by atoms with E-state index in [4.69, 9.17) is 16.3 Å². The zero-order valence-electron chi connectivity index (χ0n) is 10.9. The van der Waals surface area contributed by atoms with Crippen LogP contribution in [0.5, 0.6) is 5.75 Å². The van der Waals surface area contributed by atoms with Gasteiger partial charge in [0, 0.05) is 18.1 Å². The Morgan fingerprint density at radius 2 is 1.85 bits per heavy atom. The molecule has 0 aliphatic heterocycles. The van der Waals surface area contributed by atoms with E-state index in [0.717, 1.165) is 35.0 Å². The molecule has 0 aromatic heterocycles. The molecule has 0 heterocycles. The summed E-state index contributed by atoms with van der Waals surface area (Å²) in [4.78, 5) is 0. The van der Waals surface area contributed by atoms with E-state index in [-0.39, 0.29) is 5.38 Å². The van der Waals surface area contributed by atoms with Crippen molar-refractivity contribution in [3.8, 4) is 5.75 Å². The van der Waals surface area contributed by atoms with Gasteiger partial charge < -0.3 is 4.74 Å². The number of aryl methyl sites for hydroxylation is 1. The van der Waals surface area contributed by atoms with E-state index in [1.54, 1.807) is 7.11 Å². The third kappa shape index (κ3) is 3.51. The summed E-state index contributed by atoms with van der Waals surface area (Å²) in [5.41, 5.74) is 3.15. The Morgan fingerprint density at radius 1 is 1.15 bits per heavy atom. The van der Waals surface area contributed by atoms with Crippen LogP contribution in [0.2, 0.25) is 0 Å². The maximum Gasteiger partial charge on any atom is 0.124 e. The molecule has 2 rings (SSSR count). The highest BCUT2D eigenvalue weighted by atomic mass is 127. The van der Waals surface area contributed by atoms with Crippen LogP contribution >= 0.6 is 66.1 Å². The van der Waals surface area contributed by atoms with E-state index in [1.165, 1.54) is 0 Å². The summed E-state index contributed by atoms with van der Waals surface area (Å²) in [5.74, 6) is 0.807. The molecule has 106 valence electrons. The topological polar surface area (TPSA) is 9.23 Å². The van der Waals surface area contributed by atoms with Crippen molar-refractivity contribution in [2.24, 2.45) is 0 Å². The zero-order chi connectivity index (χ0) is 14.9. The van der Waals surface area contributed by atoms with Gasteiger partial charge >= 0.3 is 0 Å². The average molecular weight is 530 g/mol. The molecule has 0 spiro atoms. The lowest BCUT2D eigenvalue weighted by Gasteiger charge is -2.17. The second kappa shape index (κ2) is 6.99. The molecule has 1 unspecified atom stereocenters. The molecule has 1 nitrogen and oxygen atoms in total. The molecule has 5 heteroatoms. The summed E-state index contributed by atoms with van der Waals surface area (Å²) in [6, 6.07) is 10.1. The monoisotopic (exact) mass is 528 g/mol. The minimum absolute atomic E-state index is 0.258. The predicted octanol–water partition coefficient (Wildman–Crippen LogP) is 6.46. The SMILES string of the molecule is COc1cc(C)c(Br)cc1C(Cl)c1cc(Br)ccc1I. The first kappa shape index (κ1) is 16.6. The first-order chi connectivity index (χ1) is 9.43. The maximum atomic E-state index is 6.69. The number of alkyl halides is 1. The normalized spacial score (nSPS) is 12.3. The Bertz CT molecular complexity index is 646. The zero-order valence-corrected chi connectivity index (χ0v) is 17.0. The van der Waals surface area contributed by atoms with Crippen LogP contribution in [0.1, 0.15) is 22.1 Å². The van der Waals surface area contributed by atoms with Crippen LogP contribution in [-0.2, 0) is 0 Å². The second-order valence-corrected chi connectivity index (χ2v) is 7.74. The molecule has 1 atom stereocenters. The molecule has 0 saturated heterocycles. The molecule has 0 aliphatic rings. The van der Waals surface area contributed by atoms with Crippen LogP contribution in [0.3, 0.4) is 0 Å². The minimum atomic E-state index is -0.258. The number of hydrogen-bond donors (Lipinski definition) is 0. The largest absolute Gasteiger partial charge is 0.496 e. The number of rotatable bonds is 3. The van der Waals surface area contributed by atoms with Crippen molar-refractivity contribution in [3.63, 3.8) is 0 Å². The van der Waals surface area contributed by atoms with Crippen LogP contribution < -0.4 is 4.74 Å². The Balaban J connectivity index is 2.55. The van der Waals surface area contributed by atoms with Gasteiger partial charge in [0.1, 0.15) is 5.75 Å². The van der Waals surface area contributed by atoms with E-state index in [2.05, 4.69) is 54.5 Å². The molecular weight excluding hydrogens is 518 g/mol. The Kier molecular flexibility index (Phi) is 5.79. The molecule has 0 N–H and O–H groups in total. The highest BCUT2D eigenvalue weighted by molar-refractivity contribution is 14.1. The van der Waals surface area contributed by atoms with Gasteiger partial charge in [-0.05, 0) is 71.0 Å². The van der Waals surface area contributed by atoms with Gasteiger partial charge in [-0.2, -0.15) is 0 Å². The van der Waals surface area contributed by atoms with E-state index < -0.39 is 0 Å². The fourth-order valence-electron chi connectivity index (χ4n) is 1.92. The van der Waals surface area contributed by atoms with Crippen molar-refractivity contribution in [2.75, 3.05) is 7.11 Å². The first-order valence-corrected chi connectivity index (χ1v) is 8.97. The molecule has 0 fully saturated rings. The van der Waals surface area contributed by atoms with E-state index in [1.807, 2.05) is 37.3 Å². The summed E-state index contributed by atoms with van der Waals surface area (Å²) in [5, 5.41) is -0.258. The van der Waals surface area contributed by atoms with Crippen LogP contribution in [0.25, 0.3) is 0 Å². The van der Waals surface area contributed by atoms with Crippen molar-refractivity contribution < 1.29 is 4.74 Å². The fraction of sp³-hybridized carbons (Fsp3) is 0.200. The van der Waals surface area contributed by atoms with Crippen molar-refractivity contribution in [1.29, 1.82) is 0 Å². The van der Waals surface area contributed by atoms with Gasteiger partial charge in [-0.15, -0.1) is 11.6 Å². The molecule has 0 aliphatic carbocycles. The lowest BCUT2D eigenvalue weighted by molar-refractivity contribution is 0.409. The van der Waals surface area contributed by atoms with Gasteiger partial charge in [-0.25, -0.2) is 0 Å². The third-order valence-corrected chi connectivity index (χ3v) is 5.82. The summed E-state index contributed by atoms with van der Waals surface area (Å²) in [7, 11) is 1.67. The van der Waals surface area contributed by atoms with Gasteiger partial charge in [0.05, 0.1) is 12.5 Å². The molecule has 0 radical (unpaired) electrons. The van der Waals surface area contributed by atoms with Crippen molar-refractivity contribution >= 4 is 66.1 Å². The Hall–Kier alpha value is 0.220. The van der Waals surface area contributed by atoms with Crippen LogP contribution in [0.4, 0.5) is 0 Å². The third-order valence-electron chi connectivity index (χ3n) is 3.02. The number of benzene rings is 2. The van der Waals surface area contributed by atoms with Crippen molar-refractivity contribution in [2.45, 2.75) is 12.3 Å². The predicted molar refractivity (Wildman–Crippen MR) is 100.0 cm³/mol. The molecular formula is C15H12Br2ClIO. The van der Waals surface area contributed by atoms with Gasteiger partial charge in [-0.1, -0.05) is 31.9 Å². The highest BCUT2D eigenvalue weighted by Crippen LogP contribution is 2.40. The quantitative estimate of drug-likeness (QED) is 0.327. The molecule has 0 saturated carbocycles. The van der Waals surface area contributed by atoms with Crippen LogP contribution in [-0.4, -0.2) is 7.11 Å². The maximum absolute atomic E-state index is 6.69. The molecule has 20 heavy (non-hydrogen) atoms. The van der Waals surface area contributed by atoms with Crippen LogP contribution in [0, 0.1) is 10.5 Å². The summed E-state index contributed by atoms with van der Waals surface area (Å²) >= 11 is 16.0. The standard InChI is InChI=1S/C15H12Br2ClIO/c1-8-5-14(20-2)11(7-12(8)17)15(18)10-6-9(16)3-4-13(10)19/h3-7,15H,1-2H3. The second-order valence-electron chi connectivity index (χ2n) is 4.37. The lowest BCUT2D eigenvalue weighted by atomic mass is 10.0. The Morgan fingerprint density at radius 3 is 2.50 bits per heavy atom. The van der Waals surface area contributed by atoms with Gasteiger partial charge in [0.25, 0.3) is 0 Å². The minimum Gasteiger partial charge on any atom is -0.496 e. The van der Waals surface area contributed by atoms with Gasteiger partial charge in [-0.3, -0.25) is 0 Å². The van der Waals surface area contributed by atoms with Gasteiger partial charge in [0.15, 0.2) is 0 Å². The summed E-state index contributed by atoms with van der Waals surface area (Å²) < 4.78 is 8.65. The average Bonchev–Trinajstić information content (AvgIpc) is 2.43. The number of hydrogen-bond acceptors (Lipinski definition) is 1. The Labute approximate surface area is 154 Å². The van der Waals surface area contributed by atoms with Gasteiger partial charge in [0.2, 0.25) is 0 Å². The number of halogens is 4. The van der Waals surface area contributed by atoms with E-state index in [0.29, 0.717) is 0 Å². The highest BCUT2D eigenvalue weighted by Gasteiger charge is 2.19. The molecule has 0 bridgehead atoms. The first-order valence-electron chi connectivity index (χ1n) is 5.87. The molecule has 2 aromatic rings. The van der Waals surface area contributed by atoms with Crippen molar-refractivity contribution in [1.82, 2.24) is 0 Å². The van der Waals surface area contributed by atoms with Crippen molar-refractivity contribution in [3.05, 3.63) is 59.5 Å². The summed E-state index contributed by atoms with van der Waals surface area (Å²) in [6.45, 7) is 2.03.